The van der Waals surface area contributed by atoms with Crippen molar-refractivity contribution >= 4 is 12.1 Å². The molecule has 1 atom stereocenters. The highest BCUT2D eigenvalue weighted by atomic mass is 32.2. The summed E-state index contributed by atoms with van der Waals surface area (Å²) in [6.07, 6.45) is 1.58. The lowest BCUT2D eigenvalue weighted by Gasteiger charge is -2.12. The maximum atomic E-state index is 12.2. The monoisotopic (exact) mass is 333 g/mol. The molecule has 0 saturated heterocycles. The first-order chi connectivity index (χ1) is 11.2. The quantitative estimate of drug-likeness (QED) is 0.796. The van der Waals surface area contributed by atoms with Gasteiger partial charge in [-0.3, -0.25) is 0 Å². The van der Waals surface area contributed by atoms with Crippen molar-refractivity contribution < 1.29 is 18.8 Å². The fraction of sp³-hybridized carbons (Fsp3) is 0.235. The van der Waals surface area contributed by atoms with Gasteiger partial charge in [-0.25, -0.2) is 4.98 Å². The molecule has 0 fully saturated rings. The van der Waals surface area contributed by atoms with E-state index in [1.807, 2.05) is 0 Å². The third-order valence-electron chi connectivity index (χ3n) is 2.98. The van der Waals surface area contributed by atoms with Crippen LogP contribution in [0.25, 0.3) is 0 Å². The molecule has 1 aromatic heterocycles. The number of phenols is 1. The van der Waals surface area contributed by atoms with Gasteiger partial charge in [0.25, 0.3) is 0 Å². The number of benzene rings is 1. The number of halogens is 1. The SMILES string of the molecule is OCC(COc1ccc(C#Cc2ccc(O)cc2)cn1)CSF. The second kappa shape index (κ2) is 9.03. The molecule has 0 amide bonds. The van der Waals surface area contributed by atoms with Crippen molar-refractivity contribution in [3.8, 4) is 23.5 Å². The van der Waals surface area contributed by atoms with Crippen LogP contribution in [0.15, 0.2) is 42.6 Å². The molecule has 0 bridgehead atoms. The Hall–Kier alpha value is -2.23. The van der Waals surface area contributed by atoms with E-state index in [9.17, 15) is 8.99 Å². The highest BCUT2D eigenvalue weighted by Gasteiger charge is 2.09. The number of hydrogen-bond acceptors (Lipinski definition) is 5. The van der Waals surface area contributed by atoms with E-state index < -0.39 is 0 Å². The fourth-order valence-electron chi connectivity index (χ4n) is 1.67. The molecule has 1 aromatic carbocycles. The third-order valence-corrected chi connectivity index (χ3v) is 3.58. The topological polar surface area (TPSA) is 62.6 Å². The summed E-state index contributed by atoms with van der Waals surface area (Å²) in [6, 6.07) is 10.1. The zero-order chi connectivity index (χ0) is 16.5. The van der Waals surface area contributed by atoms with E-state index in [1.54, 1.807) is 42.6 Å². The maximum absolute atomic E-state index is 12.2. The Labute approximate surface area is 138 Å². The highest BCUT2D eigenvalue weighted by Crippen LogP contribution is 2.13. The number of ether oxygens (including phenoxy) is 1. The average molecular weight is 333 g/mol. The van der Waals surface area contributed by atoms with Gasteiger partial charge in [0.05, 0.1) is 13.2 Å². The number of aromatic nitrogens is 1. The average Bonchev–Trinajstić information content (AvgIpc) is 2.59. The van der Waals surface area contributed by atoms with Crippen LogP contribution < -0.4 is 4.74 Å². The van der Waals surface area contributed by atoms with E-state index in [1.165, 1.54) is 0 Å². The lowest BCUT2D eigenvalue weighted by molar-refractivity contribution is 0.173. The minimum absolute atomic E-state index is 0.132. The minimum atomic E-state index is -0.263. The normalized spacial score (nSPS) is 11.4. The largest absolute Gasteiger partial charge is 0.508 e. The van der Waals surface area contributed by atoms with Gasteiger partial charge in [0, 0.05) is 47.2 Å². The molecule has 23 heavy (non-hydrogen) atoms. The van der Waals surface area contributed by atoms with E-state index in [0.717, 1.165) is 11.1 Å². The van der Waals surface area contributed by atoms with Gasteiger partial charge in [-0.05, 0) is 30.3 Å². The van der Waals surface area contributed by atoms with Gasteiger partial charge in [-0.15, -0.1) is 0 Å². The minimum Gasteiger partial charge on any atom is -0.508 e. The van der Waals surface area contributed by atoms with Crippen molar-refractivity contribution in [3.05, 3.63) is 53.7 Å². The molecular formula is C17H16FNO3S. The van der Waals surface area contributed by atoms with E-state index in [4.69, 9.17) is 9.84 Å². The Morgan fingerprint density at radius 3 is 2.43 bits per heavy atom. The Balaban J connectivity index is 1.93. The number of aliphatic hydroxyl groups excluding tert-OH is 1. The standard InChI is InChI=1S/C17H16FNO3S/c18-23-12-15(10-20)11-22-17-8-5-14(9-19-17)2-1-13-3-6-16(21)7-4-13/h3-9,15,20-21H,10-12H2. The molecule has 0 saturated carbocycles. The molecule has 2 N–H and O–H groups in total. The van der Waals surface area contributed by atoms with Crippen LogP contribution in [0, 0.1) is 17.8 Å². The van der Waals surface area contributed by atoms with Crippen LogP contribution in [-0.2, 0) is 0 Å². The number of aliphatic hydroxyl groups is 1. The lowest BCUT2D eigenvalue weighted by Crippen LogP contribution is -2.18. The van der Waals surface area contributed by atoms with Crippen LogP contribution in [-0.4, -0.2) is 34.2 Å². The summed E-state index contributed by atoms with van der Waals surface area (Å²) in [5.74, 6) is 6.45. The maximum Gasteiger partial charge on any atom is 0.213 e. The molecule has 0 aliphatic heterocycles. The van der Waals surface area contributed by atoms with Crippen molar-refractivity contribution in [2.75, 3.05) is 19.0 Å². The number of nitrogens with zero attached hydrogens (tertiary/aromatic N) is 1. The lowest BCUT2D eigenvalue weighted by atomic mass is 10.2. The van der Waals surface area contributed by atoms with E-state index in [2.05, 4.69) is 16.8 Å². The Morgan fingerprint density at radius 1 is 1.13 bits per heavy atom. The van der Waals surface area contributed by atoms with Crippen molar-refractivity contribution in [2.24, 2.45) is 5.92 Å². The molecule has 0 radical (unpaired) electrons. The second-order valence-corrected chi connectivity index (χ2v) is 5.37. The summed E-state index contributed by atoms with van der Waals surface area (Å²) < 4.78 is 17.6. The van der Waals surface area contributed by atoms with Crippen molar-refractivity contribution in [1.29, 1.82) is 0 Å². The van der Waals surface area contributed by atoms with E-state index in [0.29, 0.717) is 5.88 Å². The summed E-state index contributed by atoms with van der Waals surface area (Å²) in [5, 5.41) is 18.3. The molecule has 0 aliphatic carbocycles. The first-order valence-corrected chi connectivity index (χ1v) is 7.84. The molecule has 0 spiro atoms. The molecule has 1 heterocycles. The number of aromatic hydroxyl groups is 1. The summed E-state index contributed by atoms with van der Waals surface area (Å²) >= 11 is 0.183. The van der Waals surface area contributed by atoms with Crippen LogP contribution in [0.3, 0.4) is 0 Å². The third kappa shape index (κ3) is 5.81. The van der Waals surface area contributed by atoms with Crippen molar-refractivity contribution in [2.45, 2.75) is 0 Å². The van der Waals surface area contributed by atoms with Gasteiger partial charge in [-0.1, -0.05) is 11.8 Å². The van der Waals surface area contributed by atoms with Gasteiger partial charge in [0.1, 0.15) is 5.75 Å². The summed E-state index contributed by atoms with van der Waals surface area (Å²) in [5.41, 5.74) is 1.51. The fourth-order valence-corrected chi connectivity index (χ4v) is 2.05. The van der Waals surface area contributed by atoms with Crippen LogP contribution >= 0.6 is 12.1 Å². The Bertz CT molecular complexity index is 665. The van der Waals surface area contributed by atoms with Gasteiger partial charge in [0.2, 0.25) is 5.88 Å². The van der Waals surface area contributed by atoms with Crippen LogP contribution in [0.5, 0.6) is 11.6 Å². The van der Waals surface area contributed by atoms with E-state index in [-0.39, 0.29) is 42.8 Å². The van der Waals surface area contributed by atoms with Gasteiger partial charge in [-0.2, -0.15) is 3.89 Å². The zero-order valence-corrected chi connectivity index (χ0v) is 13.1. The molecular weight excluding hydrogens is 317 g/mol. The molecule has 2 aromatic rings. The second-order valence-electron chi connectivity index (χ2n) is 4.82. The summed E-state index contributed by atoms with van der Waals surface area (Å²) in [4.78, 5) is 4.12. The van der Waals surface area contributed by atoms with Crippen LogP contribution in [0.2, 0.25) is 0 Å². The number of pyridine rings is 1. The molecule has 1 unspecified atom stereocenters. The predicted octanol–water partition coefficient (Wildman–Crippen LogP) is 2.79. The molecule has 2 rings (SSSR count). The number of rotatable bonds is 6. The van der Waals surface area contributed by atoms with Gasteiger partial charge in [0.15, 0.2) is 0 Å². The Morgan fingerprint density at radius 2 is 1.83 bits per heavy atom. The molecule has 0 aliphatic rings. The number of hydrogen-bond donors (Lipinski definition) is 2. The first-order valence-electron chi connectivity index (χ1n) is 6.95. The van der Waals surface area contributed by atoms with Crippen LogP contribution in [0.4, 0.5) is 3.89 Å². The van der Waals surface area contributed by atoms with Gasteiger partial charge >= 0.3 is 0 Å². The molecule has 4 nitrogen and oxygen atoms in total. The van der Waals surface area contributed by atoms with Crippen molar-refractivity contribution in [3.63, 3.8) is 0 Å². The first kappa shape index (κ1) is 17.1. The predicted molar refractivity (Wildman–Crippen MR) is 88.0 cm³/mol. The Kier molecular flexibility index (Phi) is 6.73. The van der Waals surface area contributed by atoms with Gasteiger partial charge < -0.3 is 14.9 Å². The zero-order valence-electron chi connectivity index (χ0n) is 12.3. The summed E-state index contributed by atoms with van der Waals surface area (Å²) in [7, 11) is 0. The van der Waals surface area contributed by atoms with Crippen LogP contribution in [0.1, 0.15) is 11.1 Å². The van der Waals surface area contributed by atoms with E-state index >= 15 is 0 Å². The van der Waals surface area contributed by atoms with Crippen molar-refractivity contribution in [1.82, 2.24) is 4.98 Å². The molecule has 120 valence electrons. The smallest absolute Gasteiger partial charge is 0.213 e. The number of phenolic OH excluding ortho intramolecular Hbond substituents is 1. The highest BCUT2D eigenvalue weighted by molar-refractivity contribution is 7.94. The summed E-state index contributed by atoms with van der Waals surface area (Å²) in [6.45, 7) is 0.0755. The molecule has 6 heteroatoms.